The number of rotatable bonds is 7. The van der Waals surface area contributed by atoms with Crippen molar-refractivity contribution in [3.63, 3.8) is 0 Å². The number of hydrogen-bond donors (Lipinski definition) is 1. The summed E-state index contributed by atoms with van der Waals surface area (Å²) in [5.74, 6) is 0.856. The molecule has 3 heterocycles. The molecule has 4 rings (SSSR count). The fourth-order valence-corrected chi connectivity index (χ4v) is 5.24. The Hall–Kier alpha value is -2.47. The van der Waals surface area contributed by atoms with E-state index in [2.05, 4.69) is 9.97 Å². The lowest BCUT2D eigenvalue weighted by Gasteiger charge is -2.35. The van der Waals surface area contributed by atoms with Gasteiger partial charge >= 0.3 is 6.09 Å². The highest BCUT2D eigenvalue weighted by Gasteiger charge is 2.43. The van der Waals surface area contributed by atoms with Crippen LogP contribution >= 0.6 is 0 Å². The summed E-state index contributed by atoms with van der Waals surface area (Å²) in [7, 11) is -2.98. The quantitative estimate of drug-likeness (QED) is 0.615. The summed E-state index contributed by atoms with van der Waals surface area (Å²) < 4.78 is 33.4. The second-order valence-corrected chi connectivity index (χ2v) is 12.4. The van der Waals surface area contributed by atoms with Crippen LogP contribution < -0.4 is 9.64 Å². The summed E-state index contributed by atoms with van der Waals surface area (Å²) in [6.45, 7) is 7.79. The van der Waals surface area contributed by atoms with E-state index in [0.717, 1.165) is 25.7 Å². The van der Waals surface area contributed by atoms with Crippen molar-refractivity contribution in [1.82, 2.24) is 19.2 Å². The van der Waals surface area contributed by atoms with Crippen LogP contribution in [0, 0.1) is 10.7 Å². The van der Waals surface area contributed by atoms with Crippen LogP contribution in [0.4, 0.5) is 10.6 Å². The Morgan fingerprint density at radius 3 is 2.47 bits per heavy atom. The standard InChI is InChI=1S/C22H34N6O5S/c1-16(2)34(23,31)27-10-11-28(20(29)14-27)18-12-25-19(13-24-18)32-15-17-4-8-26(9-5-17)21(30)33-22(3)6-7-22/h12-13,16-17,23H,4-11,14-15H2,1-3H3. The van der Waals surface area contributed by atoms with Crippen LogP contribution in [0.1, 0.15) is 46.5 Å². The van der Waals surface area contributed by atoms with E-state index in [-0.39, 0.29) is 29.4 Å². The van der Waals surface area contributed by atoms with Gasteiger partial charge in [-0.3, -0.25) is 9.69 Å². The van der Waals surface area contributed by atoms with Gasteiger partial charge < -0.3 is 14.4 Å². The average molecular weight is 495 g/mol. The van der Waals surface area contributed by atoms with Crippen molar-refractivity contribution in [2.45, 2.75) is 57.3 Å². The Labute approximate surface area is 200 Å². The van der Waals surface area contributed by atoms with Crippen LogP contribution in [0.15, 0.2) is 12.4 Å². The first kappa shape index (κ1) is 24.6. The average Bonchev–Trinajstić information content (AvgIpc) is 3.54. The van der Waals surface area contributed by atoms with Crippen LogP contribution in [0.2, 0.25) is 0 Å². The summed E-state index contributed by atoms with van der Waals surface area (Å²) in [6.07, 6.45) is 6.35. The summed E-state index contributed by atoms with van der Waals surface area (Å²) >= 11 is 0. The lowest BCUT2D eigenvalue weighted by molar-refractivity contribution is -0.120. The van der Waals surface area contributed by atoms with E-state index >= 15 is 0 Å². The van der Waals surface area contributed by atoms with Crippen molar-refractivity contribution >= 4 is 27.7 Å². The van der Waals surface area contributed by atoms with Crippen molar-refractivity contribution in [2.75, 3.05) is 44.2 Å². The van der Waals surface area contributed by atoms with Gasteiger partial charge in [-0.2, -0.15) is 0 Å². The van der Waals surface area contributed by atoms with E-state index in [9.17, 15) is 13.8 Å². The Morgan fingerprint density at radius 1 is 1.21 bits per heavy atom. The second kappa shape index (κ2) is 9.65. The van der Waals surface area contributed by atoms with Crippen LogP contribution in [0.25, 0.3) is 0 Å². The third kappa shape index (κ3) is 5.60. The monoisotopic (exact) mass is 494 g/mol. The highest BCUT2D eigenvalue weighted by Crippen LogP contribution is 2.39. The molecule has 188 valence electrons. The number of hydrogen-bond acceptors (Lipinski definition) is 8. The molecule has 1 N–H and O–H groups in total. The third-order valence-electron chi connectivity index (χ3n) is 6.73. The number of piperidine rings is 1. The second-order valence-electron chi connectivity index (χ2n) is 9.80. The maximum Gasteiger partial charge on any atom is 0.410 e. The van der Waals surface area contributed by atoms with Crippen molar-refractivity contribution in [2.24, 2.45) is 5.92 Å². The molecule has 1 aromatic rings. The molecule has 11 nitrogen and oxygen atoms in total. The maximum atomic E-state index is 12.6. The Kier molecular flexibility index (Phi) is 6.99. The minimum absolute atomic E-state index is 0.0775. The van der Waals surface area contributed by atoms with Gasteiger partial charge in [-0.15, -0.1) is 0 Å². The smallest absolute Gasteiger partial charge is 0.410 e. The molecule has 12 heteroatoms. The molecule has 1 aromatic heterocycles. The molecule has 0 radical (unpaired) electrons. The number of carbonyl (C=O) groups excluding carboxylic acids is 2. The number of aromatic nitrogens is 2. The first-order valence-electron chi connectivity index (χ1n) is 11.8. The fourth-order valence-electron chi connectivity index (χ4n) is 3.99. The largest absolute Gasteiger partial charge is 0.476 e. The molecule has 2 saturated heterocycles. The van der Waals surface area contributed by atoms with Gasteiger partial charge in [0.2, 0.25) is 11.8 Å². The molecule has 1 aliphatic carbocycles. The van der Waals surface area contributed by atoms with Gasteiger partial charge in [0.15, 0.2) is 5.82 Å². The molecule has 0 bridgehead atoms. The number of likely N-dealkylation sites (tertiary alicyclic amines) is 1. The Morgan fingerprint density at radius 2 is 1.91 bits per heavy atom. The summed E-state index contributed by atoms with van der Waals surface area (Å²) in [6, 6.07) is 0. The molecule has 1 saturated carbocycles. The van der Waals surface area contributed by atoms with Crippen molar-refractivity contribution in [1.29, 1.82) is 4.78 Å². The molecule has 2 aliphatic heterocycles. The molecule has 0 aromatic carbocycles. The van der Waals surface area contributed by atoms with Gasteiger partial charge in [0.05, 0.1) is 30.8 Å². The van der Waals surface area contributed by atoms with Gasteiger partial charge in [-0.25, -0.2) is 28.1 Å². The van der Waals surface area contributed by atoms with E-state index in [1.165, 1.54) is 21.6 Å². The summed E-state index contributed by atoms with van der Waals surface area (Å²) in [5.41, 5.74) is -0.253. The van der Waals surface area contributed by atoms with Gasteiger partial charge in [-0.1, -0.05) is 0 Å². The van der Waals surface area contributed by atoms with Gasteiger partial charge in [0.1, 0.15) is 15.5 Å². The normalized spacial score (nSPS) is 23.0. The molecule has 3 fully saturated rings. The van der Waals surface area contributed by atoms with Crippen LogP contribution in [-0.2, 0) is 19.4 Å². The predicted octanol–water partition coefficient (Wildman–Crippen LogP) is 2.28. The fraction of sp³-hybridized carbons (Fsp3) is 0.727. The minimum atomic E-state index is -2.98. The van der Waals surface area contributed by atoms with Crippen molar-refractivity contribution in [3.8, 4) is 5.88 Å². The zero-order chi connectivity index (χ0) is 24.5. The van der Waals surface area contributed by atoms with E-state index < -0.39 is 9.92 Å². The summed E-state index contributed by atoms with van der Waals surface area (Å²) in [4.78, 5) is 36.7. The first-order valence-corrected chi connectivity index (χ1v) is 13.4. The number of piperazine rings is 1. The van der Waals surface area contributed by atoms with Gasteiger partial charge in [-0.05, 0) is 52.4 Å². The number of nitrogens with one attached hydrogen (secondary N) is 1. The molecular formula is C22H34N6O5S. The SMILES string of the molecule is CC(C)S(=N)(=O)N1CCN(c2cnc(OCC3CCN(C(=O)OC4(C)CC4)CC3)cn2)C(=O)C1. The zero-order valence-corrected chi connectivity index (χ0v) is 20.9. The molecular weight excluding hydrogens is 460 g/mol. The number of ether oxygens (including phenoxy) is 2. The topological polar surface area (TPSA) is 129 Å². The third-order valence-corrected chi connectivity index (χ3v) is 9.08. The van der Waals surface area contributed by atoms with Crippen LogP contribution in [0.5, 0.6) is 5.88 Å². The lowest BCUT2D eigenvalue weighted by atomic mass is 9.98. The van der Waals surface area contributed by atoms with Crippen molar-refractivity contribution < 1.29 is 23.3 Å². The van der Waals surface area contributed by atoms with E-state index in [0.29, 0.717) is 50.4 Å². The van der Waals surface area contributed by atoms with E-state index in [1.807, 2.05) is 6.92 Å². The minimum Gasteiger partial charge on any atom is -0.476 e. The number of anilines is 1. The predicted molar refractivity (Wildman–Crippen MR) is 126 cm³/mol. The lowest BCUT2D eigenvalue weighted by Crippen LogP contribution is -2.53. The molecule has 0 spiro atoms. The van der Waals surface area contributed by atoms with E-state index in [1.54, 1.807) is 18.7 Å². The first-order chi connectivity index (χ1) is 16.1. The highest BCUT2D eigenvalue weighted by atomic mass is 32.2. The maximum absolute atomic E-state index is 12.6. The molecule has 2 amide bonds. The van der Waals surface area contributed by atoms with Crippen molar-refractivity contribution in [3.05, 3.63) is 12.4 Å². The van der Waals surface area contributed by atoms with E-state index in [4.69, 9.17) is 14.3 Å². The van der Waals surface area contributed by atoms with Crippen LogP contribution in [-0.4, -0.2) is 85.6 Å². The summed E-state index contributed by atoms with van der Waals surface area (Å²) in [5, 5.41) is -0.352. The highest BCUT2D eigenvalue weighted by molar-refractivity contribution is 7.90. The molecule has 1 atom stereocenters. The number of nitrogens with zero attached hydrogens (tertiary/aromatic N) is 5. The zero-order valence-electron chi connectivity index (χ0n) is 20.1. The Balaban J connectivity index is 1.22. The molecule has 34 heavy (non-hydrogen) atoms. The van der Waals surface area contributed by atoms with Gasteiger partial charge in [0, 0.05) is 26.2 Å². The molecule has 1 unspecified atom stereocenters. The van der Waals surface area contributed by atoms with Gasteiger partial charge in [0.25, 0.3) is 0 Å². The molecule has 3 aliphatic rings. The number of amides is 2. The Bertz CT molecular complexity index is 1000. The van der Waals surface area contributed by atoms with Crippen LogP contribution in [0.3, 0.4) is 0 Å². The number of carbonyl (C=O) groups is 2.